The SMILES string of the molecule is CCOC(=O)c1ccc(C(C)Nc2ccc(Br)cc2)cc1. The maximum absolute atomic E-state index is 11.6. The summed E-state index contributed by atoms with van der Waals surface area (Å²) in [4.78, 5) is 11.6. The van der Waals surface area contributed by atoms with Crippen molar-refractivity contribution < 1.29 is 9.53 Å². The van der Waals surface area contributed by atoms with Gasteiger partial charge in [0.2, 0.25) is 0 Å². The van der Waals surface area contributed by atoms with Crippen LogP contribution in [-0.2, 0) is 4.74 Å². The Morgan fingerprint density at radius 3 is 2.33 bits per heavy atom. The van der Waals surface area contributed by atoms with E-state index >= 15 is 0 Å². The van der Waals surface area contributed by atoms with E-state index in [1.54, 1.807) is 19.1 Å². The molecule has 0 saturated carbocycles. The Morgan fingerprint density at radius 2 is 1.76 bits per heavy atom. The Labute approximate surface area is 133 Å². The van der Waals surface area contributed by atoms with Crippen LogP contribution in [0.3, 0.4) is 0 Å². The van der Waals surface area contributed by atoms with Crippen molar-refractivity contribution in [2.45, 2.75) is 19.9 Å². The van der Waals surface area contributed by atoms with E-state index in [0.29, 0.717) is 12.2 Å². The molecule has 0 bridgehead atoms. The number of anilines is 1. The van der Waals surface area contributed by atoms with Crippen molar-refractivity contribution in [3.63, 3.8) is 0 Å². The molecule has 2 aromatic carbocycles. The van der Waals surface area contributed by atoms with Gasteiger partial charge in [0.15, 0.2) is 0 Å². The average Bonchev–Trinajstić information content (AvgIpc) is 2.50. The molecule has 0 heterocycles. The summed E-state index contributed by atoms with van der Waals surface area (Å²) < 4.78 is 6.03. The molecular weight excluding hydrogens is 330 g/mol. The third kappa shape index (κ3) is 4.33. The second-order valence-corrected chi connectivity index (χ2v) is 5.63. The number of hydrogen-bond donors (Lipinski definition) is 1. The van der Waals surface area contributed by atoms with Crippen molar-refractivity contribution in [1.82, 2.24) is 0 Å². The van der Waals surface area contributed by atoms with Gasteiger partial charge in [-0.1, -0.05) is 28.1 Å². The quantitative estimate of drug-likeness (QED) is 0.789. The summed E-state index contributed by atoms with van der Waals surface area (Å²) >= 11 is 3.42. The summed E-state index contributed by atoms with van der Waals surface area (Å²) in [5.74, 6) is -0.280. The molecule has 1 atom stereocenters. The number of halogens is 1. The first-order chi connectivity index (χ1) is 10.1. The van der Waals surface area contributed by atoms with Gasteiger partial charge in [0.25, 0.3) is 0 Å². The maximum atomic E-state index is 11.6. The average molecular weight is 348 g/mol. The minimum atomic E-state index is -0.280. The minimum Gasteiger partial charge on any atom is -0.462 e. The fourth-order valence-electron chi connectivity index (χ4n) is 2.00. The number of carbonyl (C=O) groups excluding carboxylic acids is 1. The number of ether oxygens (including phenoxy) is 1. The molecule has 0 aliphatic rings. The van der Waals surface area contributed by atoms with Crippen molar-refractivity contribution >= 4 is 27.6 Å². The van der Waals surface area contributed by atoms with E-state index in [2.05, 4.69) is 28.2 Å². The molecule has 0 fully saturated rings. The first-order valence-electron chi connectivity index (χ1n) is 6.89. The van der Waals surface area contributed by atoms with E-state index in [0.717, 1.165) is 15.7 Å². The molecule has 3 nitrogen and oxygen atoms in total. The summed E-state index contributed by atoms with van der Waals surface area (Å²) in [6.45, 7) is 4.28. The second kappa shape index (κ2) is 7.27. The van der Waals surface area contributed by atoms with Crippen molar-refractivity contribution in [2.75, 3.05) is 11.9 Å². The first-order valence-corrected chi connectivity index (χ1v) is 7.68. The van der Waals surface area contributed by atoms with Gasteiger partial charge in [0.05, 0.1) is 12.2 Å². The van der Waals surface area contributed by atoms with Gasteiger partial charge in [0.1, 0.15) is 0 Å². The van der Waals surface area contributed by atoms with Crippen LogP contribution in [0.25, 0.3) is 0 Å². The molecule has 21 heavy (non-hydrogen) atoms. The predicted octanol–water partition coefficient (Wildman–Crippen LogP) is 4.80. The molecule has 0 saturated heterocycles. The molecule has 4 heteroatoms. The van der Waals surface area contributed by atoms with Crippen LogP contribution >= 0.6 is 15.9 Å². The molecule has 1 N–H and O–H groups in total. The highest BCUT2D eigenvalue weighted by molar-refractivity contribution is 9.10. The van der Waals surface area contributed by atoms with Gasteiger partial charge in [-0.25, -0.2) is 4.79 Å². The van der Waals surface area contributed by atoms with Crippen LogP contribution in [0.2, 0.25) is 0 Å². The number of nitrogens with one attached hydrogen (secondary N) is 1. The lowest BCUT2D eigenvalue weighted by Crippen LogP contribution is -2.08. The summed E-state index contributed by atoms with van der Waals surface area (Å²) in [5, 5.41) is 3.42. The lowest BCUT2D eigenvalue weighted by Gasteiger charge is -2.16. The topological polar surface area (TPSA) is 38.3 Å². The van der Waals surface area contributed by atoms with E-state index < -0.39 is 0 Å². The van der Waals surface area contributed by atoms with E-state index in [1.807, 2.05) is 36.4 Å². The molecule has 1 unspecified atom stereocenters. The van der Waals surface area contributed by atoms with Gasteiger partial charge in [-0.2, -0.15) is 0 Å². The predicted molar refractivity (Wildman–Crippen MR) is 88.6 cm³/mol. The molecular formula is C17H18BrNO2. The Hall–Kier alpha value is -1.81. The minimum absolute atomic E-state index is 0.155. The van der Waals surface area contributed by atoms with Crippen molar-refractivity contribution in [2.24, 2.45) is 0 Å². The molecule has 2 rings (SSSR count). The fourth-order valence-corrected chi connectivity index (χ4v) is 2.27. The Balaban J connectivity index is 2.04. The van der Waals surface area contributed by atoms with Crippen molar-refractivity contribution in [1.29, 1.82) is 0 Å². The molecule has 110 valence electrons. The van der Waals surface area contributed by atoms with Crippen molar-refractivity contribution in [3.05, 3.63) is 64.1 Å². The zero-order valence-corrected chi connectivity index (χ0v) is 13.7. The fraction of sp³-hybridized carbons (Fsp3) is 0.235. The van der Waals surface area contributed by atoms with Crippen LogP contribution < -0.4 is 5.32 Å². The molecule has 0 amide bonds. The molecule has 0 spiro atoms. The Bertz CT molecular complexity index is 593. The molecule has 0 aliphatic heterocycles. The maximum Gasteiger partial charge on any atom is 0.338 e. The molecule has 2 aromatic rings. The highest BCUT2D eigenvalue weighted by atomic mass is 79.9. The Kier molecular flexibility index (Phi) is 5.39. The number of hydrogen-bond acceptors (Lipinski definition) is 3. The smallest absolute Gasteiger partial charge is 0.338 e. The third-order valence-electron chi connectivity index (χ3n) is 3.15. The summed E-state index contributed by atoms with van der Waals surface area (Å²) in [7, 11) is 0. The molecule has 0 aliphatic carbocycles. The number of rotatable bonds is 5. The van der Waals surface area contributed by atoms with Gasteiger partial charge in [0, 0.05) is 16.2 Å². The number of benzene rings is 2. The van der Waals surface area contributed by atoms with Crippen LogP contribution in [-0.4, -0.2) is 12.6 Å². The van der Waals surface area contributed by atoms with Gasteiger partial charge in [-0.05, 0) is 55.8 Å². The van der Waals surface area contributed by atoms with E-state index in [9.17, 15) is 4.79 Å². The van der Waals surface area contributed by atoms with Gasteiger partial charge in [-0.3, -0.25) is 0 Å². The van der Waals surface area contributed by atoms with Gasteiger partial charge in [-0.15, -0.1) is 0 Å². The second-order valence-electron chi connectivity index (χ2n) is 4.72. The normalized spacial score (nSPS) is 11.8. The summed E-state index contributed by atoms with van der Waals surface area (Å²) in [6.07, 6.45) is 0. The Morgan fingerprint density at radius 1 is 1.14 bits per heavy atom. The van der Waals surface area contributed by atoms with Crippen LogP contribution in [0.15, 0.2) is 53.0 Å². The van der Waals surface area contributed by atoms with Crippen LogP contribution in [0.5, 0.6) is 0 Å². The highest BCUT2D eigenvalue weighted by Crippen LogP contribution is 2.21. The number of esters is 1. The van der Waals surface area contributed by atoms with Gasteiger partial charge >= 0.3 is 5.97 Å². The molecule has 0 radical (unpaired) electrons. The van der Waals surface area contributed by atoms with Crippen LogP contribution in [0.4, 0.5) is 5.69 Å². The zero-order chi connectivity index (χ0) is 15.2. The lowest BCUT2D eigenvalue weighted by molar-refractivity contribution is 0.0526. The van der Waals surface area contributed by atoms with E-state index in [-0.39, 0.29) is 12.0 Å². The standard InChI is InChI=1S/C17H18BrNO2/c1-3-21-17(20)14-6-4-13(5-7-14)12(2)19-16-10-8-15(18)9-11-16/h4-12,19H,3H2,1-2H3. The van der Waals surface area contributed by atoms with Gasteiger partial charge < -0.3 is 10.1 Å². The van der Waals surface area contributed by atoms with Crippen LogP contribution in [0.1, 0.15) is 35.8 Å². The summed E-state index contributed by atoms with van der Waals surface area (Å²) in [6, 6.07) is 15.7. The van der Waals surface area contributed by atoms with E-state index in [4.69, 9.17) is 4.74 Å². The van der Waals surface area contributed by atoms with Crippen molar-refractivity contribution in [3.8, 4) is 0 Å². The summed E-state index contributed by atoms with van der Waals surface area (Å²) in [5.41, 5.74) is 2.75. The zero-order valence-electron chi connectivity index (χ0n) is 12.1. The third-order valence-corrected chi connectivity index (χ3v) is 3.68. The largest absolute Gasteiger partial charge is 0.462 e. The monoisotopic (exact) mass is 347 g/mol. The highest BCUT2D eigenvalue weighted by Gasteiger charge is 2.09. The van der Waals surface area contributed by atoms with E-state index in [1.165, 1.54) is 0 Å². The molecule has 0 aromatic heterocycles. The van der Waals surface area contributed by atoms with Crippen LogP contribution in [0, 0.1) is 0 Å². The first kappa shape index (κ1) is 15.6. The lowest BCUT2D eigenvalue weighted by atomic mass is 10.1. The number of carbonyl (C=O) groups is 1.